The summed E-state index contributed by atoms with van der Waals surface area (Å²) in [5.41, 5.74) is 6.16. The zero-order valence-corrected chi connectivity index (χ0v) is 10.3. The van der Waals surface area contributed by atoms with Gasteiger partial charge in [0.15, 0.2) is 0 Å². The quantitative estimate of drug-likeness (QED) is 0.775. The topological polar surface area (TPSA) is 29.3 Å². The second-order valence-corrected chi connectivity index (χ2v) is 5.54. The van der Waals surface area contributed by atoms with Crippen molar-refractivity contribution in [3.63, 3.8) is 0 Å². The Kier molecular flexibility index (Phi) is 3.68. The van der Waals surface area contributed by atoms with E-state index < -0.39 is 0 Å². The fourth-order valence-electron chi connectivity index (χ4n) is 3.46. The maximum atomic E-state index is 6.16. The number of rotatable bonds is 3. The van der Waals surface area contributed by atoms with Crippen LogP contribution in [0.2, 0.25) is 0 Å². The SMILES string of the molecule is CCC1CCC(C)N1CC1CCCC1N. The number of hydrogen-bond donors (Lipinski definition) is 1. The van der Waals surface area contributed by atoms with Crippen LogP contribution in [0.3, 0.4) is 0 Å². The van der Waals surface area contributed by atoms with Crippen molar-refractivity contribution in [3.8, 4) is 0 Å². The van der Waals surface area contributed by atoms with Crippen LogP contribution in [0.5, 0.6) is 0 Å². The first-order chi connectivity index (χ1) is 7.22. The molecule has 15 heavy (non-hydrogen) atoms. The Morgan fingerprint density at radius 1 is 1.20 bits per heavy atom. The van der Waals surface area contributed by atoms with Gasteiger partial charge in [-0.2, -0.15) is 0 Å². The third-order valence-corrected chi connectivity index (χ3v) is 4.59. The molecule has 0 aromatic rings. The predicted molar refractivity (Wildman–Crippen MR) is 64.8 cm³/mol. The van der Waals surface area contributed by atoms with Crippen LogP contribution < -0.4 is 5.73 Å². The molecule has 0 spiro atoms. The number of nitrogens with zero attached hydrogens (tertiary/aromatic N) is 1. The summed E-state index contributed by atoms with van der Waals surface area (Å²) in [6.07, 6.45) is 8.07. The molecule has 0 amide bonds. The van der Waals surface area contributed by atoms with Crippen molar-refractivity contribution in [1.82, 2.24) is 4.90 Å². The highest BCUT2D eigenvalue weighted by atomic mass is 15.2. The van der Waals surface area contributed by atoms with Gasteiger partial charge < -0.3 is 5.73 Å². The lowest BCUT2D eigenvalue weighted by Gasteiger charge is -2.31. The molecule has 2 fully saturated rings. The minimum absolute atomic E-state index is 0.482. The summed E-state index contributed by atoms with van der Waals surface area (Å²) in [6, 6.07) is 2.12. The van der Waals surface area contributed by atoms with Crippen LogP contribution in [0, 0.1) is 5.92 Å². The highest BCUT2D eigenvalue weighted by Crippen LogP contribution is 2.31. The molecule has 2 rings (SSSR count). The lowest BCUT2D eigenvalue weighted by atomic mass is 10.0. The van der Waals surface area contributed by atoms with Gasteiger partial charge in [0.2, 0.25) is 0 Å². The largest absolute Gasteiger partial charge is 0.327 e. The average Bonchev–Trinajstić information content (AvgIpc) is 2.77. The van der Waals surface area contributed by atoms with Crippen LogP contribution in [-0.4, -0.2) is 29.6 Å². The molecule has 2 aliphatic rings. The summed E-state index contributed by atoms with van der Waals surface area (Å²) in [5.74, 6) is 0.777. The van der Waals surface area contributed by atoms with Crippen LogP contribution >= 0.6 is 0 Å². The van der Waals surface area contributed by atoms with E-state index in [1.165, 1.54) is 45.1 Å². The van der Waals surface area contributed by atoms with Crippen molar-refractivity contribution in [1.29, 1.82) is 0 Å². The molecule has 0 aromatic carbocycles. The molecule has 0 bridgehead atoms. The third kappa shape index (κ3) is 2.36. The van der Waals surface area contributed by atoms with Crippen LogP contribution in [0.4, 0.5) is 0 Å². The van der Waals surface area contributed by atoms with Crippen molar-refractivity contribution in [2.24, 2.45) is 11.7 Å². The molecule has 4 atom stereocenters. The van der Waals surface area contributed by atoms with E-state index in [4.69, 9.17) is 5.73 Å². The maximum absolute atomic E-state index is 6.16. The lowest BCUT2D eigenvalue weighted by molar-refractivity contribution is 0.162. The smallest absolute Gasteiger partial charge is 0.00961 e. The molecular formula is C13H26N2. The van der Waals surface area contributed by atoms with E-state index in [0.717, 1.165) is 18.0 Å². The first kappa shape index (κ1) is 11.4. The summed E-state index contributed by atoms with van der Waals surface area (Å²) >= 11 is 0. The van der Waals surface area contributed by atoms with Crippen molar-refractivity contribution in [3.05, 3.63) is 0 Å². The molecule has 0 radical (unpaired) electrons. The monoisotopic (exact) mass is 210 g/mol. The van der Waals surface area contributed by atoms with Gasteiger partial charge in [0.1, 0.15) is 0 Å². The van der Waals surface area contributed by atoms with Gasteiger partial charge >= 0.3 is 0 Å². The molecule has 1 aliphatic heterocycles. The Balaban J connectivity index is 1.91. The van der Waals surface area contributed by atoms with E-state index in [1.807, 2.05) is 0 Å². The first-order valence-corrected chi connectivity index (χ1v) is 6.73. The Morgan fingerprint density at radius 3 is 2.60 bits per heavy atom. The fraction of sp³-hybridized carbons (Fsp3) is 1.00. The minimum atomic E-state index is 0.482. The normalized spacial score (nSPS) is 42.6. The Hall–Kier alpha value is -0.0800. The number of nitrogens with two attached hydrogens (primary N) is 1. The van der Waals surface area contributed by atoms with Gasteiger partial charge in [-0.3, -0.25) is 4.90 Å². The van der Waals surface area contributed by atoms with E-state index in [-0.39, 0.29) is 0 Å². The highest BCUT2D eigenvalue weighted by Gasteiger charge is 2.33. The van der Waals surface area contributed by atoms with Crippen molar-refractivity contribution in [2.75, 3.05) is 6.54 Å². The zero-order chi connectivity index (χ0) is 10.8. The second-order valence-electron chi connectivity index (χ2n) is 5.54. The average molecular weight is 210 g/mol. The molecule has 1 saturated carbocycles. The molecule has 4 unspecified atom stereocenters. The van der Waals surface area contributed by atoms with Crippen LogP contribution in [0.1, 0.15) is 52.4 Å². The maximum Gasteiger partial charge on any atom is 0.00961 e. The van der Waals surface area contributed by atoms with Gasteiger partial charge in [-0.15, -0.1) is 0 Å². The van der Waals surface area contributed by atoms with Gasteiger partial charge in [0.25, 0.3) is 0 Å². The summed E-state index contributed by atoms with van der Waals surface area (Å²) in [7, 11) is 0. The van der Waals surface area contributed by atoms with E-state index in [1.54, 1.807) is 0 Å². The molecular weight excluding hydrogens is 184 g/mol. The van der Waals surface area contributed by atoms with Crippen LogP contribution in [0.25, 0.3) is 0 Å². The molecule has 1 aliphatic carbocycles. The fourth-order valence-corrected chi connectivity index (χ4v) is 3.46. The van der Waals surface area contributed by atoms with Gasteiger partial charge in [-0.25, -0.2) is 0 Å². The van der Waals surface area contributed by atoms with Gasteiger partial charge in [0, 0.05) is 24.7 Å². The number of hydrogen-bond acceptors (Lipinski definition) is 2. The molecule has 1 saturated heterocycles. The Morgan fingerprint density at radius 2 is 2.00 bits per heavy atom. The summed E-state index contributed by atoms with van der Waals surface area (Å²) in [5, 5.41) is 0. The van der Waals surface area contributed by atoms with Gasteiger partial charge in [-0.05, 0) is 44.9 Å². The van der Waals surface area contributed by atoms with Crippen molar-refractivity contribution in [2.45, 2.75) is 70.5 Å². The van der Waals surface area contributed by atoms with Crippen molar-refractivity contribution < 1.29 is 0 Å². The third-order valence-electron chi connectivity index (χ3n) is 4.59. The summed E-state index contributed by atoms with van der Waals surface area (Å²) in [6.45, 7) is 5.97. The minimum Gasteiger partial charge on any atom is -0.327 e. The van der Waals surface area contributed by atoms with Crippen LogP contribution in [0.15, 0.2) is 0 Å². The van der Waals surface area contributed by atoms with E-state index in [9.17, 15) is 0 Å². The Bertz CT molecular complexity index is 205. The molecule has 0 aromatic heterocycles. The molecule has 2 heteroatoms. The lowest BCUT2D eigenvalue weighted by Crippen LogP contribution is -2.41. The zero-order valence-electron chi connectivity index (χ0n) is 10.3. The highest BCUT2D eigenvalue weighted by molar-refractivity contribution is 4.89. The Labute approximate surface area is 94.2 Å². The summed E-state index contributed by atoms with van der Waals surface area (Å²) in [4.78, 5) is 2.73. The van der Waals surface area contributed by atoms with Gasteiger partial charge in [0.05, 0.1) is 0 Å². The van der Waals surface area contributed by atoms with E-state index in [2.05, 4.69) is 18.7 Å². The van der Waals surface area contributed by atoms with Gasteiger partial charge in [-0.1, -0.05) is 13.3 Å². The molecule has 2 nitrogen and oxygen atoms in total. The standard InChI is InChI=1S/C13H26N2/c1-3-12-8-7-10(2)15(12)9-11-5-4-6-13(11)14/h10-13H,3-9,14H2,1-2H3. The second kappa shape index (κ2) is 4.84. The first-order valence-electron chi connectivity index (χ1n) is 6.73. The molecule has 88 valence electrons. The van der Waals surface area contributed by atoms with Crippen LogP contribution in [-0.2, 0) is 0 Å². The molecule has 1 heterocycles. The molecule has 2 N–H and O–H groups in total. The number of likely N-dealkylation sites (tertiary alicyclic amines) is 1. The van der Waals surface area contributed by atoms with E-state index >= 15 is 0 Å². The van der Waals surface area contributed by atoms with Crippen molar-refractivity contribution >= 4 is 0 Å². The van der Waals surface area contributed by atoms with E-state index in [0.29, 0.717) is 6.04 Å². The summed E-state index contributed by atoms with van der Waals surface area (Å²) < 4.78 is 0. The predicted octanol–water partition coefficient (Wildman–Crippen LogP) is 2.38.